The van der Waals surface area contributed by atoms with Crippen molar-refractivity contribution in [3.05, 3.63) is 23.5 Å². The van der Waals surface area contributed by atoms with E-state index < -0.39 is 10.8 Å². The van der Waals surface area contributed by atoms with Gasteiger partial charge in [0, 0.05) is 54.0 Å². The Bertz CT molecular complexity index is 608. The van der Waals surface area contributed by atoms with Crippen LogP contribution in [0.1, 0.15) is 18.2 Å². The third-order valence-electron chi connectivity index (χ3n) is 3.06. The first-order valence-electron chi connectivity index (χ1n) is 6.29. The first-order chi connectivity index (χ1) is 8.97. The standard InChI is InChI=1S/C13H20N4OS/c1-9(8-19(4)18)14-6-11-5-12-10(2)16-17(3)13(12)15-7-11/h5,7,9,14H,6,8H2,1-4H3. The largest absolute Gasteiger partial charge is 0.309 e. The first kappa shape index (κ1) is 14.1. The second-order valence-corrected chi connectivity index (χ2v) is 6.43. The highest BCUT2D eigenvalue weighted by Gasteiger charge is 2.08. The van der Waals surface area contributed by atoms with Gasteiger partial charge in [-0.05, 0) is 25.5 Å². The van der Waals surface area contributed by atoms with Crippen molar-refractivity contribution in [3.8, 4) is 0 Å². The molecule has 0 radical (unpaired) electrons. The van der Waals surface area contributed by atoms with E-state index in [2.05, 4.69) is 21.5 Å². The van der Waals surface area contributed by atoms with Gasteiger partial charge in [0.15, 0.2) is 5.65 Å². The van der Waals surface area contributed by atoms with Crippen LogP contribution in [0.5, 0.6) is 0 Å². The van der Waals surface area contributed by atoms with Gasteiger partial charge in [-0.2, -0.15) is 5.10 Å². The predicted molar refractivity (Wildman–Crippen MR) is 78.5 cm³/mol. The van der Waals surface area contributed by atoms with Crippen molar-refractivity contribution in [2.75, 3.05) is 12.0 Å². The van der Waals surface area contributed by atoms with E-state index >= 15 is 0 Å². The van der Waals surface area contributed by atoms with E-state index in [1.54, 1.807) is 10.9 Å². The number of hydrogen-bond donors (Lipinski definition) is 1. The number of pyridine rings is 1. The zero-order chi connectivity index (χ0) is 14.0. The van der Waals surface area contributed by atoms with Gasteiger partial charge in [0.1, 0.15) is 0 Å². The smallest absolute Gasteiger partial charge is 0.157 e. The van der Waals surface area contributed by atoms with Crippen molar-refractivity contribution >= 4 is 21.8 Å². The van der Waals surface area contributed by atoms with Gasteiger partial charge in [0.2, 0.25) is 0 Å². The SMILES string of the molecule is Cc1nn(C)c2ncc(CNC(C)CS(C)=O)cc12. The van der Waals surface area contributed by atoms with E-state index in [4.69, 9.17) is 0 Å². The number of aryl methyl sites for hydroxylation is 2. The number of nitrogens with zero attached hydrogens (tertiary/aromatic N) is 3. The summed E-state index contributed by atoms with van der Waals surface area (Å²) < 4.78 is 12.9. The highest BCUT2D eigenvalue weighted by molar-refractivity contribution is 7.84. The van der Waals surface area contributed by atoms with Gasteiger partial charge in [0.25, 0.3) is 0 Å². The highest BCUT2D eigenvalue weighted by atomic mass is 32.2. The Labute approximate surface area is 115 Å². The van der Waals surface area contributed by atoms with Crippen LogP contribution >= 0.6 is 0 Å². The summed E-state index contributed by atoms with van der Waals surface area (Å²) in [6.45, 7) is 4.77. The molecular weight excluding hydrogens is 260 g/mol. The molecule has 2 unspecified atom stereocenters. The Balaban J connectivity index is 2.09. The van der Waals surface area contributed by atoms with Crippen molar-refractivity contribution < 1.29 is 4.21 Å². The van der Waals surface area contributed by atoms with Crippen LogP contribution in [0.15, 0.2) is 12.3 Å². The first-order valence-corrected chi connectivity index (χ1v) is 8.01. The monoisotopic (exact) mass is 280 g/mol. The molecule has 0 spiro atoms. The summed E-state index contributed by atoms with van der Waals surface area (Å²) >= 11 is 0. The molecule has 2 rings (SSSR count). The molecule has 0 bridgehead atoms. The minimum absolute atomic E-state index is 0.233. The molecule has 0 aliphatic carbocycles. The Hall–Kier alpha value is -1.27. The lowest BCUT2D eigenvalue weighted by atomic mass is 10.2. The molecule has 2 atom stereocenters. The van der Waals surface area contributed by atoms with Crippen LogP contribution in [-0.4, -0.2) is 37.0 Å². The summed E-state index contributed by atoms with van der Waals surface area (Å²) in [4.78, 5) is 4.44. The van der Waals surface area contributed by atoms with Crippen LogP contribution < -0.4 is 5.32 Å². The van der Waals surface area contributed by atoms with Crippen LogP contribution in [0.4, 0.5) is 0 Å². The predicted octanol–water partition coefficient (Wildman–Crippen LogP) is 1.13. The van der Waals surface area contributed by atoms with Gasteiger partial charge in [-0.25, -0.2) is 4.98 Å². The van der Waals surface area contributed by atoms with Crippen molar-refractivity contribution in [2.45, 2.75) is 26.4 Å². The van der Waals surface area contributed by atoms with Gasteiger partial charge in [0.05, 0.1) is 5.69 Å². The molecule has 0 saturated carbocycles. The Morgan fingerprint density at radius 3 is 2.95 bits per heavy atom. The second-order valence-electron chi connectivity index (χ2n) is 4.95. The summed E-state index contributed by atoms with van der Waals surface area (Å²) in [5, 5.41) is 8.81. The molecule has 2 aromatic heterocycles. The lowest BCUT2D eigenvalue weighted by Gasteiger charge is -2.12. The number of rotatable bonds is 5. The van der Waals surface area contributed by atoms with Gasteiger partial charge in [-0.1, -0.05) is 0 Å². The normalized spacial score (nSPS) is 14.7. The van der Waals surface area contributed by atoms with Gasteiger partial charge in [-0.15, -0.1) is 0 Å². The van der Waals surface area contributed by atoms with Crippen LogP contribution in [0.25, 0.3) is 11.0 Å². The molecule has 2 aromatic rings. The molecule has 5 nitrogen and oxygen atoms in total. The molecule has 0 aliphatic rings. The highest BCUT2D eigenvalue weighted by Crippen LogP contribution is 2.16. The van der Waals surface area contributed by atoms with Crippen molar-refractivity contribution in [1.82, 2.24) is 20.1 Å². The maximum Gasteiger partial charge on any atom is 0.157 e. The lowest BCUT2D eigenvalue weighted by molar-refractivity contribution is 0.587. The number of nitrogens with one attached hydrogen (secondary N) is 1. The number of fused-ring (bicyclic) bond motifs is 1. The van der Waals surface area contributed by atoms with E-state index in [0.29, 0.717) is 5.75 Å². The molecule has 0 aromatic carbocycles. The average Bonchev–Trinajstić information content (AvgIpc) is 2.61. The molecule has 6 heteroatoms. The molecule has 2 heterocycles. The minimum Gasteiger partial charge on any atom is -0.309 e. The molecule has 19 heavy (non-hydrogen) atoms. The van der Waals surface area contributed by atoms with Crippen LogP contribution in [-0.2, 0) is 24.4 Å². The van der Waals surface area contributed by atoms with Crippen molar-refractivity contribution in [3.63, 3.8) is 0 Å². The van der Waals surface area contributed by atoms with E-state index in [1.165, 1.54) is 0 Å². The molecule has 104 valence electrons. The van der Waals surface area contributed by atoms with E-state index in [9.17, 15) is 4.21 Å². The van der Waals surface area contributed by atoms with E-state index in [0.717, 1.165) is 28.8 Å². The van der Waals surface area contributed by atoms with Gasteiger partial charge in [-0.3, -0.25) is 8.89 Å². The maximum absolute atomic E-state index is 11.1. The molecule has 0 fully saturated rings. The van der Waals surface area contributed by atoms with Gasteiger partial charge < -0.3 is 5.32 Å². The van der Waals surface area contributed by atoms with E-state index in [1.807, 2.05) is 27.1 Å². The molecule has 0 saturated heterocycles. The molecule has 1 N–H and O–H groups in total. The minimum atomic E-state index is -0.768. The van der Waals surface area contributed by atoms with Crippen LogP contribution in [0, 0.1) is 6.92 Å². The zero-order valence-corrected chi connectivity index (χ0v) is 12.6. The maximum atomic E-state index is 11.1. The topological polar surface area (TPSA) is 59.8 Å². The summed E-state index contributed by atoms with van der Waals surface area (Å²) in [6, 6.07) is 2.35. The van der Waals surface area contributed by atoms with Crippen LogP contribution in [0.2, 0.25) is 0 Å². The summed E-state index contributed by atoms with van der Waals surface area (Å²) in [6.07, 6.45) is 3.59. The third-order valence-corrected chi connectivity index (χ3v) is 4.03. The fraction of sp³-hybridized carbons (Fsp3) is 0.538. The Kier molecular flexibility index (Phi) is 4.31. The summed E-state index contributed by atoms with van der Waals surface area (Å²) in [5.41, 5.74) is 3.02. The van der Waals surface area contributed by atoms with E-state index in [-0.39, 0.29) is 6.04 Å². The third kappa shape index (κ3) is 3.39. The molecule has 0 amide bonds. The summed E-state index contributed by atoms with van der Waals surface area (Å²) in [7, 11) is 1.13. The van der Waals surface area contributed by atoms with Crippen molar-refractivity contribution in [2.24, 2.45) is 7.05 Å². The molecular formula is C13H20N4OS. The average molecular weight is 280 g/mol. The fourth-order valence-electron chi connectivity index (χ4n) is 2.15. The quantitative estimate of drug-likeness (QED) is 0.892. The zero-order valence-electron chi connectivity index (χ0n) is 11.8. The number of aromatic nitrogens is 3. The van der Waals surface area contributed by atoms with Crippen LogP contribution in [0.3, 0.4) is 0 Å². The Morgan fingerprint density at radius 1 is 1.53 bits per heavy atom. The lowest BCUT2D eigenvalue weighted by Crippen LogP contribution is -2.30. The Morgan fingerprint density at radius 2 is 2.26 bits per heavy atom. The second kappa shape index (κ2) is 5.79. The number of hydrogen-bond acceptors (Lipinski definition) is 4. The van der Waals surface area contributed by atoms with Crippen molar-refractivity contribution in [1.29, 1.82) is 0 Å². The molecule has 0 aliphatic heterocycles. The van der Waals surface area contributed by atoms with Gasteiger partial charge >= 0.3 is 0 Å². The summed E-state index contributed by atoms with van der Waals surface area (Å²) in [5.74, 6) is 0.668. The fourth-order valence-corrected chi connectivity index (χ4v) is 2.97.